The second kappa shape index (κ2) is 9.78. The number of amides is 1. The second-order valence-electron chi connectivity index (χ2n) is 7.24. The predicted octanol–water partition coefficient (Wildman–Crippen LogP) is 4.24. The van der Waals surface area contributed by atoms with Crippen LogP contribution in [0.4, 0.5) is 11.4 Å². The Morgan fingerprint density at radius 3 is 2.39 bits per heavy atom. The Bertz CT molecular complexity index is 1310. The molecule has 0 fully saturated rings. The molecule has 0 atom stereocenters. The van der Waals surface area contributed by atoms with Gasteiger partial charge in [0, 0.05) is 6.92 Å². The molecule has 10 heteroatoms. The minimum absolute atomic E-state index is 0.0495. The topological polar surface area (TPSA) is 120 Å². The van der Waals surface area contributed by atoms with E-state index >= 15 is 0 Å². The van der Waals surface area contributed by atoms with Crippen molar-refractivity contribution in [1.82, 2.24) is 5.16 Å². The highest BCUT2D eigenvalue weighted by atomic mass is 32.2. The third-order valence-corrected chi connectivity index (χ3v) is 6.08. The van der Waals surface area contributed by atoms with Crippen molar-refractivity contribution in [2.24, 2.45) is 0 Å². The molecule has 2 N–H and O–H groups in total. The van der Waals surface area contributed by atoms with Crippen molar-refractivity contribution in [2.45, 2.75) is 25.7 Å². The second-order valence-corrected chi connectivity index (χ2v) is 8.89. The zero-order valence-electron chi connectivity index (χ0n) is 18.9. The standard InChI is InChI=1S/C23H25N3O6S/c1-14-6-9-19(30-4)18(12-14)26-33(28,29)22-13-17(7-10-20(22)31-5)8-11-21-23(24-16(3)27)15(2)25-32-21/h6-13,26H,1-5H3,(H,24,27)/b11-8-. The van der Waals surface area contributed by atoms with E-state index in [9.17, 15) is 13.2 Å². The van der Waals surface area contributed by atoms with E-state index in [0.29, 0.717) is 34.1 Å². The molecular weight excluding hydrogens is 446 g/mol. The molecule has 3 aromatic rings. The lowest BCUT2D eigenvalue weighted by Gasteiger charge is -2.15. The Labute approximate surface area is 192 Å². The number of anilines is 2. The smallest absolute Gasteiger partial charge is 0.265 e. The van der Waals surface area contributed by atoms with E-state index in [4.69, 9.17) is 14.0 Å². The third kappa shape index (κ3) is 5.53. The zero-order chi connectivity index (χ0) is 24.2. The average molecular weight is 472 g/mol. The number of nitrogens with one attached hydrogen (secondary N) is 2. The molecule has 0 saturated carbocycles. The molecule has 1 aromatic heterocycles. The summed E-state index contributed by atoms with van der Waals surface area (Å²) in [6, 6.07) is 9.92. The molecule has 174 valence electrons. The lowest BCUT2D eigenvalue weighted by Crippen LogP contribution is -2.15. The van der Waals surface area contributed by atoms with Gasteiger partial charge in [0.2, 0.25) is 5.91 Å². The molecule has 33 heavy (non-hydrogen) atoms. The van der Waals surface area contributed by atoms with Gasteiger partial charge in [-0.05, 0) is 55.3 Å². The van der Waals surface area contributed by atoms with Crippen molar-refractivity contribution in [3.63, 3.8) is 0 Å². The van der Waals surface area contributed by atoms with Crippen LogP contribution in [0.15, 0.2) is 45.8 Å². The van der Waals surface area contributed by atoms with Crippen molar-refractivity contribution in [3.8, 4) is 11.5 Å². The predicted molar refractivity (Wildman–Crippen MR) is 126 cm³/mol. The molecule has 0 aliphatic heterocycles. The molecular formula is C23H25N3O6S. The summed E-state index contributed by atoms with van der Waals surface area (Å²) in [7, 11) is -1.15. The Morgan fingerprint density at radius 1 is 1.03 bits per heavy atom. The monoisotopic (exact) mass is 471 g/mol. The highest BCUT2D eigenvalue weighted by Gasteiger charge is 2.22. The van der Waals surface area contributed by atoms with Gasteiger partial charge in [0.1, 0.15) is 27.8 Å². The third-order valence-electron chi connectivity index (χ3n) is 4.69. The Kier molecular flexibility index (Phi) is 7.07. The van der Waals surface area contributed by atoms with Crippen LogP contribution in [-0.2, 0) is 14.8 Å². The Balaban J connectivity index is 1.97. The highest BCUT2D eigenvalue weighted by Crippen LogP contribution is 2.32. The summed E-state index contributed by atoms with van der Waals surface area (Å²) in [4.78, 5) is 11.4. The van der Waals surface area contributed by atoms with Crippen molar-refractivity contribution < 1.29 is 27.2 Å². The first-order valence-corrected chi connectivity index (χ1v) is 11.4. The van der Waals surface area contributed by atoms with E-state index in [2.05, 4.69) is 15.2 Å². The molecule has 0 spiro atoms. The van der Waals surface area contributed by atoms with E-state index < -0.39 is 10.0 Å². The van der Waals surface area contributed by atoms with E-state index in [-0.39, 0.29) is 16.6 Å². The Hall–Kier alpha value is -3.79. The summed E-state index contributed by atoms with van der Waals surface area (Å²) in [6.07, 6.45) is 3.25. The normalized spacial score (nSPS) is 11.4. The molecule has 1 amide bonds. The number of ether oxygens (including phenoxy) is 2. The number of rotatable bonds is 8. The average Bonchev–Trinajstić information content (AvgIpc) is 3.10. The fraction of sp³-hybridized carbons (Fsp3) is 0.217. The number of hydrogen-bond acceptors (Lipinski definition) is 7. The Morgan fingerprint density at radius 2 is 1.73 bits per heavy atom. The molecule has 1 heterocycles. The van der Waals surface area contributed by atoms with Crippen LogP contribution in [-0.4, -0.2) is 33.7 Å². The molecule has 0 bridgehead atoms. The van der Waals surface area contributed by atoms with E-state index in [1.54, 1.807) is 43.3 Å². The van der Waals surface area contributed by atoms with Gasteiger partial charge < -0.3 is 19.3 Å². The van der Waals surface area contributed by atoms with Crippen LogP contribution >= 0.6 is 0 Å². The lowest BCUT2D eigenvalue weighted by molar-refractivity contribution is -0.114. The lowest BCUT2D eigenvalue weighted by atomic mass is 10.2. The number of benzene rings is 2. The molecule has 9 nitrogen and oxygen atoms in total. The molecule has 3 rings (SSSR count). The first kappa shape index (κ1) is 23.9. The number of carbonyl (C=O) groups excluding carboxylic acids is 1. The molecule has 0 saturated heterocycles. The maximum atomic E-state index is 13.2. The van der Waals surface area contributed by atoms with Gasteiger partial charge in [0.05, 0.1) is 19.9 Å². The zero-order valence-corrected chi connectivity index (χ0v) is 19.7. The summed E-state index contributed by atoms with van der Waals surface area (Å²) in [6.45, 7) is 4.94. The first-order valence-electron chi connectivity index (χ1n) is 9.92. The van der Waals surface area contributed by atoms with Crippen LogP contribution in [0.5, 0.6) is 11.5 Å². The molecule has 0 radical (unpaired) electrons. The minimum atomic E-state index is -4.01. The minimum Gasteiger partial charge on any atom is -0.495 e. The maximum Gasteiger partial charge on any atom is 0.265 e. The van der Waals surface area contributed by atoms with Gasteiger partial charge in [-0.2, -0.15) is 0 Å². The van der Waals surface area contributed by atoms with Gasteiger partial charge in [-0.3, -0.25) is 9.52 Å². The fourth-order valence-corrected chi connectivity index (χ4v) is 4.38. The maximum absolute atomic E-state index is 13.2. The summed E-state index contributed by atoms with van der Waals surface area (Å²) in [5.74, 6) is 0.656. The van der Waals surface area contributed by atoms with Gasteiger partial charge >= 0.3 is 0 Å². The van der Waals surface area contributed by atoms with E-state index in [0.717, 1.165) is 5.56 Å². The van der Waals surface area contributed by atoms with Crippen LogP contribution in [0.2, 0.25) is 0 Å². The van der Waals surface area contributed by atoms with Gasteiger partial charge in [0.25, 0.3) is 10.0 Å². The molecule has 0 unspecified atom stereocenters. The van der Waals surface area contributed by atoms with Crippen molar-refractivity contribution in [1.29, 1.82) is 0 Å². The van der Waals surface area contributed by atoms with Gasteiger partial charge in [0.15, 0.2) is 5.76 Å². The summed E-state index contributed by atoms with van der Waals surface area (Å²) >= 11 is 0. The van der Waals surface area contributed by atoms with Crippen LogP contribution in [0.25, 0.3) is 12.2 Å². The largest absolute Gasteiger partial charge is 0.495 e. The van der Waals surface area contributed by atoms with Crippen LogP contribution in [0.3, 0.4) is 0 Å². The van der Waals surface area contributed by atoms with Crippen LogP contribution in [0.1, 0.15) is 29.5 Å². The first-order chi connectivity index (χ1) is 15.6. The van der Waals surface area contributed by atoms with Crippen molar-refractivity contribution in [3.05, 3.63) is 59.0 Å². The SMILES string of the molecule is COc1ccc(C)cc1NS(=O)(=O)c1cc(/C=C\c2onc(C)c2NC(C)=O)ccc1OC. The number of nitrogens with zero attached hydrogens (tertiary/aromatic N) is 1. The van der Waals surface area contributed by atoms with Crippen molar-refractivity contribution >= 4 is 39.5 Å². The van der Waals surface area contributed by atoms with Gasteiger partial charge in [-0.25, -0.2) is 8.42 Å². The van der Waals surface area contributed by atoms with Crippen molar-refractivity contribution in [2.75, 3.05) is 24.3 Å². The van der Waals surface area contributed by atoms with Gasteiger partial charge in [-0.1, -0.05) is 23.4 Å². The number of aromatic nitrogens is 1. The summed E-state index contributed by atoms with van der Waals surface area (Å²) in [5.41, 5.74) is 2.73. The number of methoxy groups -OCH3 is 2. The number of hydrogen-bond donors (Lipinski definition) is 2. The quantitative estimate of drug-likeness (QED) is 0.504. The van der Waals surface area contributed by atoms with Gasteiger partial charge in [-0.15, -0.1) is 0 Å². The van der Waals surface area contributed by atoms with E-state index in [1.165, 1.54) is 27.2 Å². The van der Waals surface area contributed by atoms with Crippen LogP contribution in [0, 0.1) is 13.8 Å². The molecule has 0 aliphatic rings. The van der Waals surface area contributed by atoms with Crippen LogP contribution < -0.4 is 19.5 Å². The highest BCUT2D eigenvalue weighted by molar-refractivity contribution is 7.92. The van der Waals surface area contributed by atoms with E-state index in [1.807, 2.05) is 13.0 Å². The molecule has 2 aromatic carbocycles. The number of carbonyl (C=O) groups is 1. The number of aryl methyl sites for hydroxylation is 2. The fourth-order valence-electron chi connectivity index (χ4n) is 3.11. The number of sulfonamides is 1. The summed E-state index contributed by atoms with van der Waals surface area (Å²) in [5, 5.41) is 6.53. The molecule has 0 aliphatic carbocycles. The summed E-state index contributed by atoms with van der Waals surface area (Å²) < 4.78 is 44.8.